The van der Waals surface area contributed by atoms with E-state index in [-0.39, 0.29) is 0 Å². The normalized spacial score (nSPS) is 24.8. The van der Waals surface area contributed by atoms with Crippen molar-refractivity contribution >= 4 is 0 Å². The van der Waals surface area contributed by atoms with Gasteiger partial charge in [0.2, 0.25) is 0 Å². The van der Waals surface area contributed by atoms with Crippen molar-refractivity contribution in [1.82, 2.24) is 15.4 Å². The lowest BCUT2D eigenvalue weighted by atomic mass is 10.0. The fourth-order valence-electron chi connectivity index (χ4n) is 3.00. The first-order valence-electron chi connectivity index (χ1n) is 7.54. The van der Waals surface area contributed by atoms with Gasteiger partial charge in [-0.15, -0.1) is 0 Å². The summed E-state index contributed by atoms with van der Waals surface area (Å²) in [5.41, 5.74) is 2.31. The Balaban J connectivity index is 2.06. The molecule has 0 radical (unpaired) electrons. The number of nitrogens with zero attached hydrogens (tertiary/aromatic N) is 2. The number of hydrogen-bond acceptors (Lipinski definition) is 4. The minimum atomic E-state index is 0.627. The minimum absolute atomic E-state index is 0.627. The second kappa shape index (κ2) is 6.53. The number of aryl methyl sites for hydroxylation is 2. The number of piperazine rings is 1. The van der Waals surface area contributed by atoms with Gasteiger partial charge in [-0.1, -0.05) is 25.4 Å². The zero-order chi connectivity index (χ0) is 13.8. The molecule has 0 saturated carbocycles. The van der Waals surface area contributed by atoms with E-state index in [9.17, 15) is 0 Å². The van der Waals surface area contributed by atoms with Gasteiger partial charge in [-0.05, 0) is 26.7 Å². The Morgan fingerprint density at radius 1 is 1.37 bits per heavy atom. The van der Waals surface area contributed by atoms with Crippen LogP contribution in [0.5, 0.6) is 0 Å². The molecule has 0 aliphatic carbocycles. The van der Waals surface area contributed by atoms with E-state index < -0.39 is 0 Å². The molecule has 1 aromatic rings. The lowest BCUT2D eigenvalue weighted by Crippen LogP contribution is -2.55. The van der Waals surface area contributed by atoms with E-state index >= 15 is 0 Å². The van der Waals surface area contributed by atoms with Crippen molar-refractivity contribution in [3.8, 4) is 0 Å². The fraction of sp³-hybridized carbons (Fsp3) is 0.800. The number of rotatable bonds is 5. The Kier molecular flexibility index (Phi) is 4.99. The maximum absolute atomic E-state index is 5.29. The SMILES string of the molecule is CCCC1CN(Cc2c(C)noc2C)C(CC)CN1. The third kappa shape index (κ3) is 3.37. The van der Waals surface area contributed by atoms with Gasteiger partial charge in [-0.3, -0.25) is 4.90 Å². The fourth-order valence-corrected chi connectivity index (χ4v) is 3.00. The van der Waals surface area contributed by atoms with Crippen LogP contribution in [0.4, 0.5) is 0 Å². The van der Waals surface area contributed by atoms with E-state index in [0.29, 0.717) is 12.1 Å². The molecule has 1 aromatic heterocycles. The first kappa shape index (κ1) is 14.5. The third-order valence-electron chi connectivity index (χ3n) is 4.26. The van der Waals surface area contributed by atoms with Crippen LogP contribution in [0.15, 0.2) is 4.52 Å². The van der Waals surface area contributed by atoms with Gasteiger partial charge in [0.25, 0.3) is 0 Å². The first-order chi connectivity index (χ1) is 9.15. The molecule has 2 atom stereocenters. The molecular formula is C15H27N3O. The topological polar surface area (TPSA) is 41.3 Å². The van der Waals surface area contributed by atoms with Crippen molar-refractivity contribution in [3.63, 3.8) is 0 Å². The van der Waals surface area contributed by atoms with Crippen LogP contribution in [0.1, 0.15) is 50.1 Å². The van der Waals surface area contributed by atoms with E-state index in [1.807, 2.05) is 13.8 Å². The molecule has 1 saturated heterocycles. The van der Waals surface area contributed by atoms with Gasteiger partial charge >= 0.3 is 0 Å². The Morgan fingerprint density at radius 2 is 2.16 bits per heavy atom. The van der Waals surface area contributed by atoms with Crippen molar-refractivity contribution in [1.29, 1.82) is 0 Å². The molecule has 1 aliphatic heterocycles. The zero-order valence-corrected chi connectivity index (χ0v) is 12.7. The summed E-state index contributed by atoms with van der Waals surface area (Å²) in [6, 6.07) is 1.26. The Labute approximate surface area is 116 Å². The molecule has 2 unspecified atom stereocenters. The molecule has 108 valence electrons. The molecule has 0 bridgehead atoms. The van der Waals surface area contributed by atoms with Crippen LogP contribution in [0.2, 0.25) is 0 Å². The van der Waals surface area contributed by atoms with Gasteiger partial charge in [-0.2, -0.15) is 0 Å². The monoisotopic (exact) mass is 265 g/mol. The van der Waals surface area contributed by atoms with Crippen molar-refractivity contribution < 1.29 is 4.52 Å². The molecule has 4 heteroatoms. The van der Waals surface area contributed by atoms with Gasteiger partial charge in [0.1, 0.15) is 5.76 Å². The van der Waals surface area contributed by atoms with Crippen LogP contribution in [-0.4, -0.2) is 35.2 Å². The van der Waals surface area contributed by atoms with E-state index in [2.05, 4.69) is 29.2 Å². The van der Waals surface area contributed by atoms with Gasteiger partial charge in [0, 0.05) is 37.3 Å². The van der Waals surface area contributed by atoms with Gasteiger partial charge in [-0.25, -0.2) is 0 Å². The summed E-state index contributed by atoms with van der Waals surface area (Å²) in [6.45, 7) is 11.8. The summed E-state index contributed by atoms with van der Waals surface area (Å²) >= 11 is 0. The summed E-state index contributed by atoms with van der Waals surface area (Å²) in [5.74, 6) is 0.970. The molecular weight excluding hydrogens is 238 g/mol. The van der Waals surface area contributed by atoms with Crippen LogP contribution >= 0.6 is 0 Å². The van der Waals surface area contributed by atoms with Crippen LogP contribution in [0.3, 0.4) is 0 Å². The highest BCUT2D eigenvalue weighted by Gasteiger charge is 2.27. The number of hydrogen-bond donors (Lipinski definition) is 1. The largest absolute Gasteiger partial charge is 0.361 e. The molecule has 2 heterocycles. The summed E-state index contributed by atoms with van der Waals surface area (Å²) in [5, 5.41) is 7.75. The van der Waals surface area contributed by atoms with Gasteiger partial charge < -0.3 is 9.84 Å². The minimum Gasteiger partial charge on any atom is -0.361 e. The van der Waals surface area contributed by atoms with Crippen molar-refractivity contribution in [2.75, 3.05) is 13.1 Å². The maximum Gasteiger partial charge on any atom is 0.138 e. The van der Waals surface area contributed by atoms with E-state index in [0.717, 1.165) is 31.1 Å². The maximum atomic E-state index is 5.29. The van der Waals surface area contributed by atoms with Gasteiger partial charge in [0.15, 0.2) is 0 Å². The smallest absolute Gasteiger partial charge is 0.138 e. The third-order valence-corrected chi connectivity index (χ3v) is 4.26. The van der Waals surface area contributed by atoms with Crippen LogP contribution in [0, 0.1) is 13.8 Å². The molecule has 2 rings (SSSR count). The Morgan fingerprint density at radius 3 is 2.74 bits per heavy atom. The van der Waals surface area contributed by atoms with Crippen molar-refractivity contribution in [3.05, 3.63) is 17.0 Å². The molecule has 1 fully saturated rings. The molecule has 0 aromatic carbocycles. The molecule has 4 nitrogen and oxygen atoms in total. The van der Waals surface area contributed by atoms with E-state index in [1.54, 1.807) is 0 Å². The van der Waals surface area contributed by atoms with Crippen LogP contribution < -0.4 is 5.32 Å². The predicted octanol–water partition coefficient (Wildman–Crippen LogP) is 2.64. The van der Waals surface area contributed by atoms with Crippen LogP contribution in [-0.2, 0) is 6.54 Å². The standard InChI is InChI=1S/C15H27N3O/c1-5-7-13-9-18(14(6-2)8-16-13)10-15-11(3)17-19-12(15)4/h13-14,16H,5-10H2,1-4H3. The average Bonchev–Trinajstić information content (AvgIpc) is 2.71. The van der Waals surface area contributed by atoms with Crippen molar-refractivity contribution in [2.45, 2.75) is 65.6 Å². The van der Waals surface area contributed by atoms with Crippen LogP contribution in [0.25, 0.3) is 0 Å². The zero-order valence-electron chi connectivity index (χ0n) is 12.7. The van der Waals surface area contributed by atoms with E-state index in [1.165, 1.54) is 24.8 Å². The highest BCUT2D eigenvalue weighted by atomic mass is 16.5. The average molecular weight is 265 g/mol. The lowest BCUT2D eigenvalue weighted by Gasteiger charge is -2.40. The first-order valence-corrected chi connectivity index (χ1v) is 7.54. The summed E-state index contributed by atoms with van der Waals surface area (Å²) < 4.78 is 5.29. The number of nitrogens with one attached hydrogen (secondary N) is 1. The van der Waals surface area contributed by atoms with E-state index in [4.69, 9.17) is 4.52 Å². The number of aromatic nitrogens is 1. The summed E-state index contributed by atoms with van der Waals surface area (Å²) in [6.07, 6.45) is 3.69. The van der Waals surface area contributed by atoms with Crippen molar-refractivity contribution in [2.24, 2.45) is 0 Å². The quantitative estimate of drug-likeness (QED) is 0.888. The predicted molar refractivity (Wildman–Crippen MR) is 77.2 cm³/mol. The molecule has 1 N–H and O–H groups in total. The second-order valence-corrected chi connectivity index (χ2v) is 5.69. The summed E-state index contributed by atoms with van der Waals surface area (Å²) in [4.78, 5) is 2.60. The highest BCUT2D eigenvalue weighted by Crippen LogP contribution is 2.20. The molecule has 19 heavy (non-hydrogen) atoms. The summed E-state index contributed by atoms with van der Waals surface area (Å²) in [7, 11) is 0. The lowest BCUT2D eigenvalue weighted by molar-refractivity contribution is 0.115. The molecule has 0 amide bonds. The second-order valence-electron chi connectivity index (χ2n) is 5.69. The van der Waals surface area contributed by atoms with Gasteiger partial charge in [0.05, 0.1) is 5.69 Å². The molecule has 1 aliphatic rings. The molecule has 0 spiro atoms. The highest BCUT2D eigenvalue weighted by molar-refractivity contribution is 5.20. The Bertz CT molecular complexity index is 383. The Hall–Kier alpha value is -0.870.